The molecule has 156 valence electrons. The fraction of sp³-hybridized carbons (Fsp3) is 0.136. The Morgan fingerprint density at radius 2 is 1.63 bits per heavy atom. The Kier molecular flexibility index (Phi) is 6.64. The van der Waals surface area contributed by atoms with E-state index in [0.717, 1.165) is 9.87 Å². The van der Waals surface area contributed by atoms with Crippen LogP contribution in [0, 0.1) is 0 Å². The first-order chi connectivity index (χ1) is 14.3. The number of amides is 1. The van der Waals surface area contributed by atoms with Crippen LogP contribution in [0.2, 0.25) is 5.02 Å². The topological polar surface area (TPSA) is 75.7 Å². The third kappa shape index (κ3) is 4.75. The molecule has 3 rings (SSSR count). The molecule has 0 radical (unpaired) electrons. The van der Waals surface area contributed by atoms with E-state index in [1.54, 1.807) is 36.4 Å². The lowest BCUT2D eigenvalue weighted by molar-refractivity contribution is 0.0951. The van der Waals surface area contributed by atoms with Crippen molar-refractivity contribution in [1.82, 2.24) is 5.32 Å². The number of methoxy groups -OCH3 is 1. The number of hydrogen-bond donors (Lipinski definition) is 1. The van der Waals surface area contributed by atoms with E-state index in [4.69, 9.17) is 16.3 Å². The van der Waals surface area contributed by atoms with Crippen LogP contribution in [0.5, 0.6) is 5.75 Å². The molecule has 0 bridgehead atoms. The van der Waals surface area contributed by atoms with Gasteiger partial charge >= 0.3 is 0 Å². The Morgan fingerprint density at radius 1 is 1.00 bits per heavy atom. The maximum atomic E-state index is 13.0. The lowest BCUT2D eigenvalue weighted by Crippen LogP contribution is -2.27. The van der Waals surface area contributed by atoms with Gasteiger partial charge in [0.25, 0.3) is 15.9 Å². The van der Waals surface area contributed by atoms with Gasteiger partial charge in [0.15, 0.2) is 0 Å². The number of carbonyl (C=O) groups is 1. The van der Waals surface area contributed by atoms with Crippen molar-refractivity contribution in [3.05, 3.63) is 88.9 Å². The third-order valence-corrected chi connectivity index (χ3v) is 6.60. The van der Waals surface area contributed by atoms with Crippen molar-refractivity contribution in [3.8, 4) is 5.75 Å². The molecule has 0 fully saturated rings. The number of nitrogens with zero attached hydrogens (tertiary/aromatic N) is 1. The molecule has 0 aliphatic rings. The van der Waals surface area contributed by atoms with E-state index in [2.05, 4.69) is 5.32 Å². The van der Waals surface area contributed by atoms with E-state index in [1.807, 2.05) is 12.1 Å². The molecule has 0 unspecified atom stereocenters. The molecule has 6 nitrogen and oxygen atoms in total. The third-order valence-electron chi connectivity index (χ3n) is 4.57. The molecule has 30 heavy (non-hydrogen) atoms. The molecule has 0 saturated heterocycles. The van der Waals surface area contributed by atoms with Gasteiger partial charge in [-0.05, 0) is 54.1 Å². The van der Waals surface area contributed by atoms with Crippen LogP contribution in [0.4, 0.5) is 5.69 Å². The van der Waals surface area contributed by atoms with Crippen LogP contribution in [-0.4, -0.2) is 28.5 Å². The number of anilines is 1. The standard InChI is InChI=1S/C22H21ClN2O4S/c1-25(20-5-3-4-6-21(20)29-2)30(27,28)19-13-9-17(10-14-19)22(26)24-15-16-7-11-18(23)12-8-16/h3-14H,15H2,1-2H3,(H,24,26). The summed E-state index contributed by atoms with van der Waals surface area (Å²) in [5, 5.41) is 3.42. The highest BCUT2D eigenvalue weighted by atomic mass is 35.5. The first-order valence-corrected chi connectivity index (χ1v) is 10.9. The van der Waals surface area contributed by atoms with Crippen molar-refractivity contribution in [2.24, 2.45) is 0 Å². The molecular formula is C22H21ClN2O4S. The number of hydrogen-bond acceptors (Lipinski definition) is 4. The molecule has 0 heterocycles. The van der Waals surface area contributed by atoms with Crippen LogP contribution in [0.3, 0.4) is 0 Å². The monoisotopic (exact) mass is 444 g/mol. The predicted octanol–water partition coefficient (Wildman–Crippen LogP) is 4.10. The summed E-state index contributed by atoms with van der Waals surface area (Å²) in [6.45, 7) is 0.340. The fourth-order valence-corrected chi connectivity index (χ4v) is 4.17. The predicted molar refractivity (Wildman–Crippen MR) is 118 cm³/mol. The van der Waals surface area contributed by atoms with Crippen molar-refractivity contribution >= 4 is 33.2 Å². The van der Waals surface area contributed by atoms with E-state index < -0.39 is 10.0 Å². The first-order valence-electron chi connectivity index (χ1n) is 9.07. The minimum absolute atomic E-state index is 0.0742. The lowest BCUT2D eigenvalue weighted by atomic mass is 10.2. The fourth-order valence-electron chi connectivity index (χ4n) is 2.84. The molecule has 8 heteroatoms. The summed E-state index contributed by atoms with van der Waals surface area (Å²) in [7, 11) is -0.876. The molecule has 0 aromatic heterocycles. The summed E-state index contributed by atoms with van der Waals surface area (Å²) >= 11 is 5.85. The first kappa shape index (κ1) is 21.7. The molecule has 1 amide bonds. The number of rotatable bonds is 7. The molecule has 1 N–H and O–H groups in total. The van der Waals surface area contributed by atoms with E-state index in [9.17, 15) is 13.2 Å². The minimum Gasteiger partial charge on any atom is -0.495 e. The van der Waals surface area contributed by atoms with E-state index in [-0.39, 0.29) is 10.8 Å². The van der Waals surface area contributed by atoms with Gasteiger partial charge in [-0.3, -0.25) is 9.10 Å². The molecular weight excluding hydrogens is 424 g/mol. The van der Waals surface area contributed by atoms with Crippen molar-refractivity contribution in [1.29, 1.82) is 0 Å². The summed E-state index contributed by atoms with van der Waals surface area (Å²) in [6.07, 6.45) is 0. The van der Waals surface area contributed by atoms with Crippen molar-refractivity contribution in [3.63, 3.8) is 0 Å². The Balaban J connectivity index is 1.73. The van der Waals surface area contributed by atoms with Crippen LogP contribution in [0.25, 0.3) is 0 Å². The zero-order chi connectivity index (χ0) is 21.7. The maximum Gasteiger partial charge on any atom is 0.264 e. The highest BCUT2D eigenvalue weighted by Gasteiger charge is 2.23. The van der Waals surface area contributed by atoms with Crippen LogP contribution in [0.1, 0.15) is 15.9 Å². The molecule has 0 saturated carbocycles. The van der Waals surface area contributed by atoms with Gasteiger partial charge in [-0.15, -0.1) is 0 Å². The smallest absolute Gasteiger partial charge is 0.264 e. The molecule has 0 aliphatic heterocycles. The minimum atomic E-state index is -3.82. The summed E-state index contributed by atoms with van der Waals surface area (Å²) in [4.78, 5) is 12.4. The normalized spacial score (nSPS) is 11.0. The van der Waals surface area contributed by atoms with E-state index in [0.29, 0.717) is 28.6 Å². The Morgan fingerprint density at radius 3 is 2.27 bits per heavy atom. The van der Waals surface area contributed by atoms with Gasteiger partial charge < -0.3 is 10.1 Å². The quantitative estimate of drug-likeness (QED) is 0.595. The maximum absolute atomic E-state index is 13.0. The number of ether oxygens (including phenoxy) is 1. The largest absolute Gasteiger partial charge is 0.495 e. The van der Waals surface area contributed by atoms with Crippen LogP contribution < -0.4 is 14.4 Å². The second-order valence-electron chi connectivity index (χ2n) is 6.48. The van der Waals surface area contributed by atoms with Crippen molar-refractivity contribution in [2.45, 2.75) is 11.4 Å². The number of halogens is 1. The van der Waals surface area contributed by atoms with Gasteiger partial charge in [0.05, 0.1) is 17.7 Å². The second-order valence-corrected chi connectivity index (χ2v) is 8.88. The Labute approximate surface area is 181 Å². The molecule has 0 spiro atoms. The van der Waals surface area contributed by atoms with E-state index in [1.165, 1.54) is 38.4 Å². The summed E-state index contributed by atoms with van der Waals surface area (Å²) in [5.41, 5.74) is 1.69. The van der Waals surface area contributed by atoms with Gasteiger partial charge in [0.2, 0.25) is 0 Å². The van der Waals surface area contributed by atoms with E-state index >= 15 is 0 Å². The number of carbonyl (C=O) groups excluding carboxylic acids is 1. The van der Waals surface area contributed by atoms with Crippen molar-refractivity contribution < 1.29 is 17.9 Å². The zero-order valence-electron chi connectivity index (χ0n) is 16.5. The average molecular weight is 445 g/mol. The molecule has 0 aliphatic carbocycles. The van der Waals surface area contributed by atoms with Crippen LogP contribution >= 0.6 is 11.6 Å². The average Bonchev–Trinajstić information content (AvgIpc) is 2.78. The number of para-hydroxylation sites is 2. The molecule has 3 aromatic rings. The van der Waals surface area contributed by atoms with Gasteiger partial charge in [-0.2, -0.15) is 0 Å². The number of sulfonamides is 1. The van der Waals surface area contributed by atoms with Gasteiger partial charge in [0.1, 0.15) is 5.75 Å². The Bertz CT molecular complexity index is 1130. The second kappa shape index (κ2) is 9.19. The SMILES string of the molecule is COc1ccccc1N(C)S(=O)(=O)c1ccc(C(=O)NCc2ccc(Cl)cc2)cc1. The highest BCUT2D eigenvalue weighted by Crippen LogP contribution is 2.30. The Hall–Kier alpha value is -3.03. The zero-order valence-corrected chi connectivity index (χ0v) is 18.1. The summed E-state index contributed by atoms with van der Waals surface area (Å²) in [6, 6.07) is 19.8. The lowest BCUT2D eigenvalue weighted by Gasteiger charge is -2.21. The summed E-state index contributed by atoms with van der Waals surface area (Å²) in [5.74, 6) is 0.147. The van der Waals surface area contributed by atoms with Gasteiger partial charge in [-0.1, -0.05) is 35.9 Å². The van der Waals surface area contributed by atoms with Crippen molar-refractivity contribution in [2.75, 3.05) is 18.5 Å². The van der Waals surface area contributed by atoms with Crippen LogP contribution in [-0.2, 0) is 16.6 Å². The highest BCUT2D eigenvalue weighted by molar-refractivity contribution is 7.92. The molecule has 3 aromatic carbocycles. The number of benzene rings is 3. The van der Waals surface area contributed by atoms with Gasteiger partial charge in [-0.25, -0.2) is 8.42 Å². The van der Waals surface area contributed by atoms with Crippen LogP contribution in [0.15, 0.2) is 77.7 Å². The number of nitrogens with one attached hydrogen (secondary N) is 1. The summed E-state index contributed by atoms with van der Waals surface area (Å²) < 4.78 is 32.4. The molecule has 0 atom stereocenters. The van der Waals surface area contributed by atoms with Gasteiger partial charge in [0, 0.05) is 24.2 Å².